The highest BCUT2D eigenvalue weighted by Gasteiger charge is 2.33. The highest BCUT2D eigenvalue weighted by Crippen LogP contribution is 2.28. The van der Waals surface area contributed by atoms with Crippen molar-refractivity contribution in [1.29, 1.82) is 5.26 Å². The topological polar surface area (TPSA) is 98.5 Å². The first-order chi connectivity index (χ1) is 8.95. The minimum absolute atomic E-state index is 0.00253. The molecule has 0 bridgehead atoms. The Hall–Kier alpha value is -1.43. The molecule has 0 aromatic carbocycles. The van der Waals surface area contributed by atoms with Gasteiger partial charge in [0.15, 0.2) is 0 Å². The molecular weight excluding hydrogens is 288 g/mol. The van der Waals surface area contributed by atoms with Crippen LogP contribution in [0.4, 0.5) is 0 Å². The molecule has 1 saturated heterocycles. The van der Waals surface area contributed by atoms with E-state index in [0.29, 0.717) is 24.3 Å². The zero-order chi connectivity index (χ0) is 14.0. The molecular formula is C11H12N2O4S2. The molecule has 6 nitrogen and oxygen atoms in total. The number of hydrogen-bond acceptors (Lipinski definition) is 5. The molecule has 1 aliphatic rings. The Labute approximate surface area is 114 Å². The Kier molecular flexibility index (Phi) is 3.89. The molecule has 1 N–H and O–H groups in total. The van der Waals surface area contributed by atoms with Crippen molar-refractivity contribution in [3.8, 4) is 6.07 Å². The number of thiophene rings is 1. The molecule has 1 aromatic rings. The number of hydrogen-bond donors (Lipinski definition) is 1. The normalized spacial score (nSPS) is 20.9. The van der Waals surface area contributed by atoms with Crippen molar-refractivity contribution in [2.45, 2.75) is 17.1 Å². The average Bonchev–Trinajstić information content (AvgIpc) is 2.88. The molecule has 1 atom stereocenters. The van der Waals surface area contributed by atoms with E-state index >= 15 is 0 Å². The predicted octanol–water partition coefficient (Wildman–Crippen LogP) is 1.11. The molecule has 1 fully saturated rings. The monoisotopic (exact) mass is 300 g/mol. The molecule has 1 aliphatic heterocycles. The fourth-order valence-electron chi connectivity index (χ4n) is 2.01. The minimum atomic E-state index is -3.68. The van der Waals surface area contributed by atoms with Crippen LogP contribution in [0, 0.1) is 17.2 Å². The minimum Gasteiger partial charge on any atom is -0.481 e. The number of carboxylic acid groups (broad SMARTS) is 1. The zero-order valence-corrected chi connectivity index (χ0v) is 11.6. The molecule has 0 saturated carbocycles. The van der Waals surface area contributed by atoms with Gasteiger partial charge in [-0.15, -0.1) is 11.3 Å². The van der Waals surface area contributed by atoms with E-state index in [4.69, 9.17) is 10.4 Å². The maximum absolute atomic E-state index is 12.3. The number of sulfonamides is 1. The number of carboxylic acids is 1. The third-order valence-corrected chi connectivity index (χ3v) is 6.34. The highest BCUT2D eigenvalue weighted by atomic mass is 32.2. The van der Waals surface area contributed by atoms with Gasteiger partial charge in [-0.2, -0.15) is 9.57 Å². The fourth-order valence-corrected chi connectivity index (χ4v) is 4.79. The highest BCUT2D eigenvalue weighted by molar-refractivity contribution is 7.91. The lowest BCUT2D eigenvalue weighted by Gasteiger charge is -2.29. The van der Waals surface area contributed by atoms with Crippen molar-refractivity contribution >= 4 is 27.3 Å². The first-order valence-electron chi connectivity index (χ1n) is 5.68. The van der Waals surface area contributed by atoms with Gasteiger partial charge in [-0.05, 0) is 25.0 Å². The maximum atomic E-state index is 12.3. The van der Waals surface area contributed by atoms with Crippen LogP contribution in [-0.2, 0) is 14.8 Å². The summed E-state index contributed by atoms with van der Waals surface area (Å²) in [5.74, 6) is -1.62. The standard InChI is InChI=1S/C11H12N2O4S2/c12-6-9-3-4-10(18-9)19(16,17)13-5-1-2-8(7-13)11(14)15/h3-4,8H,1-2,5,7H2,(H,14,15)/t8-/m1/s1. The number of nitrogens with zero attached hydrogens (tertiary/aromatic N) is 2. The first kappa shape index (κ1) is 14.0. The fraction of sp³-hybridized carbons (Fsp3) is 0.455. The quantitative estimate of drug-likeness (QED) is 0.901. The average molecular weight is 300 g/mol. The van der Waals surface area contributed by atoms with E-state index < -0.39 is 21.9 Å². The van der Waals surface area contributed by atoms with E-state index in [9.17, 15) is 13.2 Å². The molecule has 1 aromatic heterocycles. The Morgan fingerprint density at radius 2 is 2.26 bits per heavy atom. The van der Waals surface area contributed by atoms with Crippen LogP contribution in [0.3, 0.4) is 0 Å². The van der Waals surface area contributed by atoms with Crippen LogP contribution in [-0.4, -0.2) is 36.9 Å². The van der Waals surface area contributed by atoms with E-state index in [1.165, 1.54) is 16.4 Å². The molecule has 102 valence electrons. The smallest absolute Gasteiger partial charge is 0.307 e. The summed E-state index contributed by atoms with van der Waals surface area (Å²) in [7, 11) is -3.68. The predicted molar refractivity (Wildman–Crippen MR) is 68.2 cm³/mol. The van der Waals surface area contributed by atoms with Crippen molar-refractivity contribution in [2.24, 2.45) is 5.92 Å². The third kappa shape index (κ3) is 2.78. The third-order valence-electron chi connectivity index (χ3n) is 3.02. The van der Waals surface area contributed by atoms with E-state index in [1.54, 1.807) is 0 Å². The number of rotatable bonds is 3. The molecule has 0 radical (unpaired) electrons. The van der Waals surface area contributed by atoms with Gasteiger partial charge < -0.3 is 5.11 Å². The molecule has 0 unspecified atom stereocenters. The molecule has 19 heavy (non-hydrogen) atoms. The van der Waals surface area contributed by atoms with Crippen LogP contribution < -0.4 is 0 Å². The second-order valence-electron chi connectivity index (χ2n) is 4.27. The molecule has 0 aliphatic carbocycles. The number of piperidine rings is 1. The summed E-state index contributed by atoms with van der Waals surface area (Å²) >= 11 is 0.905. The van der Waals surface area contributed by atoms with Crippen molar-refractivity contribution < 1.29 is 18.3 Å². The van der Waals surface area contributed by atoms with Gasteiger partial charge >= 0.3 is 5.97 Å². The van der Waals surface area contributed by atoms with Gasteiger partial charge in [0.1, 0.15) is 15.2 Å². The Bertz CT molecular complexity index is 629. The lowest BCUT2D eigenvalue weighted by Crippen LogP contribution is -2.41. The van der Waals surface area contributed by atoms with Gasteiger partial charge in [0.05, 0.1) is 5.92 Å². The number of aliphatic carboxylic acids is 1. The Morgan fingerprint density at radius 3 is 2.84 bits per heavy atom. The summed E-state index contributed by atoms with van der Waals surface area (Å²) in [5, 5.41) is 17.7. The van der Waals surface area contributed by atoms with E-state index in [0.717, 1.165) is 11.3 Å². The zero-order valence-electron chi connectivity index (χ0n) is 9.94. The molecule has 2 heterocycles. The summed E-state index contributed by atoms with van der Waals surface area (Å²) in [6, 6.07) is 4.74. The van der Waals surface area contributed by atoms with E-state index in [1.807, 2.05) is 6.07 Å². The Morgan fingerprint density at radius 1 is 1.53 bits per heavy atom. The second kappa shape index (κ2) is 5.28. The van der Waals surface area contributed by atoms with Crippen molar-refractivity contribution in [3.05, 3.63) is 17.0 Å². The van der Waals surface area contributed by atoms with E-state index in [-0.39, 0.29) is 10.8 Å². The largest absolute Gasteiger partial charge is 0.481 e. The number of nitriles is 1. The maximum Gasteiger partial charge on any atom is 0.307 e. The van der Waals surface area contributed by atoms with E-state index in [2.05, 4.69) is 0 Å². The van der Waals surface area contributed by atoms with Crippen LogP contribution in [0.1, 0.15) is 17.7 Å². The van der Waals surface area contributed by atoms with Crippen molar-refractivity contribution in [2.75, 3.05) is 13.1 Å². The summed E-state index contributed by atoms with van der Waals surface area (Å²) < 4.78 is 25.9. The van der Waals surface area contributed by atoms with Crippen LogP contribution in [0.5, 0.6) is 0 Å². The van der Waals surface area contributed by atoms with Gasteiger partial charge in [0.2, 0.25) is 0 Å². The molecule has 2 rings (SSSR count). The van der Waals surface area contributed by atoms with Gasteiger partial charge in [0.25, 0.3) is 10.0 Å². The van der Waals surface area contributed by atoms with Gasteiger partial charge in [0, 0.05) is 13.1 Å². The Balaban J connectivity index is 2.24. The summed E-state index contributed by atoms with van der Waals surface area (Å²) in [6.45, 7) is 0.323. The lowest BCUT2D eigenvalue weighted by atomic mass is 10.0. The molecule has 0 amide bonds. The van der Waals surface area contributed by atoms with Crippen molar-refractivity contribution in [1.82, 2.24) is 4.31 Å². The number of carbonyl (C=O) groups is 1. The lowest BCUT2D eigenvalue weighted by molar-refractivity contribution is -0.142. The van der Waals surface area contributed by atoms with Crippen LogP contribution >= 0.6 is 11.3 Å². The van der Waals surface area contributed by atoms with Crippen LogP contribution in [0.15, 0.2) is 16.3 Å². The summed E-state index contributed by atoms with van der Waals surface area (Å²) in [5.41, 5.74) is 0. The molecule has 0 spiro atoms. The van der Waals surface area contributed by atoms with Crippen molar-refractivity contribution in [3.63, 3.8) is 0 Å². The van der Waals surface area contributed by atoms with Gasteiger partial charge in [-0.25, -0.2) is 8.42 Å². The van der Waals surface area contributed by atoms with Gasteiger partial charge in [-0.3, -0.25) is 4.79 Å². The summed E-state index contributed by atoms with van der Waals surface area (Å²) in [6.07, 6.45) is 1.03. The van der Waals surface area contributed by atoms with Crippen LogP contribution in [0.25, 0.3) is 0 Å². The molecule has 8 heteroatoms. The first-order valence-corrected chi connectivity index (χ1v) is 7.93. The van der Waals surface area contributed by atoms with Gasteiger partial charge in [-0.1, -0.05) is 0 Å². The SMILES string of the molecule is N#Cc1ccc(S(=O)(=O)N2CCC[C@@H](C(=O)O)C2)s1. The van der Waals surface area contributed by atoms with Crippen LogP contribution in [0.2, 0.25) is 0 Å². The second-order valence-corrected chi connectivity index (χ2v) is 7.52. The summed E-state index contributed by atoms with van der Waals surface area (Å²) in [4.78, 5) is 11.3.